The lowest BCUT2D eigenvalue weighted by Gasteiger charge is -2.22. The van der Waals surface area contributed by atoms with Crippen LogP contribution in [-0.4, -0.2) is 0 Å². The molecule has 19 heavy (non-hydrogen) atoms. The van der Waals surface area contributed by atoms with E-state index in [1.165, 1.54) is 5.56 Å². The second-order valence-corrected chi connectivity index (χ2v) is 5.19. The second-order valence-electron chi connectivity index (χ2n) is 5.19. The number of benzene rings is 2. The topological polar surface area (TPSA) is 26.0 Å². The summed E-state index contributed by atoms with van der Waals surface area (Å²) in [7, 11) is 0. The van der Waals surface area contributed by atoms with Crippen LogP contribution in [0.3, 0.4) is 0 Å². The monoisotopic (exact) mass is 257 g/mol. The Hall–Kier alpha value is -1.67. The molecule has 0 saturated heterocycles. The van der Waals surface area contributed by atoms with E-state index in [2.05, 4.69) is 19.1 Å². The first-order valence-corrected chi connectivity index (χ1v) is 6.58. The average Bonchev–Trinajstić information content (AvgIpc) is 2.43. The fraction of sp³-hybridized carbons (Fsp3) is 0.294. The van der Waals surface area contributed by atoms with Crippen molar-refractivity contribution in [1.82, 2.24) is 0 Å². The molecule has 100 valence electrons. The van der Waals surface area contributed by atoms with Gasteiger partial charge < -0.3 is 5.73 Å². The van der Waals surface area contributed by atoms with Crippen LogP contribution >= 0.6 is 0 Å². The molecule has 2 N–H and O–H groups in total. The Morgan fingerprint density at radius 3 is 2.00 bits per heavy atom. The number of nitrogens with two attached hydrogens (primary N) is 1. The van der Waals surface area contributed by atoms with Crippen molar-refractivity contribution in [3.05, 3.63) is 70.5 Å². The summed E-state index contributed by atoms with van der Waals surface area (Å²) in [6.45, 7) is 5.67. The van der Waals surface area contributed by atoms with Crippen molar-refractivity contribution in [1.29, 1.82) is 0 Å². The summed E-state index contributed by atoms with van der Waals surface area (Å²) in [5, 5.41) is 0. The van der Waals surface area contributed by atoms with Gasteiger partial charge in [-0.2, -0.15) is 0 Å². The molecule has 2 unspecified atom stereocenters. The molecule has 2 atom stereocenters. The van der Waals surface area contributed by atoms with Crippen LogP contribution in [-0.2, 0) is 0 Å². The van der Waals surface area contributed by atoms with E-state index in [1.807, 2.05) is 30.3 Å². The third-order valence-corrected chi connectivity index (χ3v) is 3.71. The fourth-order valence-electron chi connectivity index (χ4n) is 2.42. The van der Waals surface area contributed by atoms with Crippen molar-refractivity contribution >= 4 is 0 Å². The summed E-state index contributed by atoms with van der Waals surface area (Å²) >= 11 is 0. The van der Waals surface area contributed by atoms with Gasteiger partial charge >= 0.3 is 0 Å². The highest BCUT2D eigenvalue weighted by Gasteiger charge is 2.18. The summed E-state index contributed by atoms with van der Waals surface area (Å²) in [5.74, 6) is 0.0637. The van der Waals surface area contributed by atoms with Crippen molar-refractivity contribution in [2.45, 2.75) is 32.7 Å². The van der Waals surface area contributed by atoms with Crippen LogP contribution in [0.4, 0.5) is 4.39 Å². The molecule has 0 radical (unpaired) electrons. The minimum Gasteiger partial charge on any atom is -0.323 e. The molecule has 0 saturated carbocycles. The molecule has 2 aromatic rings. The van der Waals surface area contributed by atoms with Gasteiger partial charge in [-0.05, 0) is 36.1 Å². The van der Waals surface area contributed by atoms with E-state index in [0.717, 1.165) is 5.56 Å². The van der Waals surface area contributed by atoms with Crippen molar-refractivity contribution in [3.63, 3.8) is 0 Å². The Balaban J connectivity index is 2.32. The third-order valence-electron chi connectivity index (χ3n) is 3.71. The molecule has 0 spiro atoms. The molecule has 0 aliphatic carbocycles. The van der Waals surface area contributed by atoms with Gasteiger partial charge in [0.1, 0.15) is 5.82 Å². The first kappa shape index (κ1) is 13.8. The van der Waals surface area contributed by atoms with E-state index in [9.17, 15) is 4.39 Å². The average molecular weight is 257 g/mol. The largest absolute Gasteiger partial charge is 0.323 e. The summed E-state index contributed by atoms with van der Waals surface area (Å²) < 4.78 is 13.7. The van der Waals surface area contributed by atoms with Gasteiger partial charge in [-0.25, -0.2) is 4.39 Å². The van der Waals surface area contributed by atoms with Crippen LogP contribution in [0.15, 0.2) is 42.5 Å². The molecule has 0 aromatic heterocycles. The summed E-state index contributed by atoms with van der Waals surface area (Å²) in [6.07, 6.45) is 0. The van der Waals surface area contributed by atoms with Crippen molar-refractivity contribution in [3.8, 4) is 0 Å². The van der Waals surface area contributed by atoms with E-state index in [-0.39, 0.29) is 17.8 Å². The summed E-state index contributed by atoms with van der Waals surface area (Å²) in [4.78, 5) is 0. The van der Waals surface area contributed by atoms with Crippen LogP contribution in [0, 0.1) is 19.7 Å². The minimum absolute atomic E-state index is 0.125. The van der Waals surface area contributed by atoms with Crippen molar-refractivity contribution < 1.29 is 4.39 Å². The lowest BCUT2D eigenvalue weighted by molar-refractivity contribution is 0.584. The van der Waals surface area contributed by atoms with Gasteiger partial charge in [0, 0.05) is 12.0 Å². The van der Waals surface area contributed by atoms with Gasteiger partial charge in [-0.1, -0.05) is 49.4 Å². The first-order valence-electron chi connectivity index (χ1n) is 6.58. The zero-order valence-corrected chi connectivity index (χ0v) is 11.7. The Kier molecular flexibility index (Phi) is 4.01. The number of hydrogen-bond acceptors (Lipinski definition) is 1. The van der Waals surface area contributed by atoms with Crippen LogP contribution < -0.4 is 5.73 Å². The van der Waals surface area contributed by atoms with Gasteiger partial charge in [-0.15, -0.1) is 0 Å². The molecule has 0 amide bonds. The summed E-state index contributed by atoms with van der Waals surface area (Å²) in [6, 6.07) is 13.8. The highest BCUT2D eigenvalue weighted by Crippen LogP contribution is 2.30. The molecule has 2 rings (SSSR count). The van der Waals surface area contributed by atoms with Crippen molar-refractivity contribution in [2.24, 2.45) is 5.73 Å². The number of rotatable bonds is 3. The first-order chi connectivity index (χ1) is 9.00. The molecule has 1 nitrogen and oxygen atoms in total. The van der Waals surface area contributed by atoms with Gasteiger partial charge in [-0.3, -0.25) is 0 Å². The summed E-state index contributed by atoms with van der Waals surface area (Å²) in [5.41, 5.74) is 9.85. The lowest BCUT2D eigenvalue weighted by atomic mass is 9.88. The maximum Gasteiger partial charge on any atom is 0.129 e. The van der Waals surface area contributed by atoms with Crippen molar-refractivity contribution in [2.75, 3.05) is 0 Å². The number of hydrogen-bond donors (Lipinski definition) is 1. The van der Waals surface area contributed by atoms with E-state index in [1.54, 1.807) is 13.8 Å². The second kappa shape index (κ2) is 5.54. The van der Waals surface area contributed by atoms with Gasteiger partial charge in [0.2, 0.25) is 0 Å². The zero-order chi connectivity index (χ0) is 14.0. The van der Waals surface area contributed by atoms with E-state index >= 15 is 0 Å². The maximum atomic E-state index is 13.7. The highest BCUT2D eigenvalue weighted by molar-refractivity contribution is 5.34. The predicted molar refractivity (Wildman–Crippen MR) is 77.7 cm³/mol. The third kappa shape index (κ3) is 2.85. The Morgan fingerprint density at radius 2 is 1.47 bits per heavy atom. The normalized spacial score (nSPS) is 14.2. The van der Waals surface area contributed by atoms with E-state index in [0.29, 0.717) is 11.1 Å². The number of aryl methyl sites for hydroxylation is 2. The molecular formula is C17H20FN. The van der Waals surface area contributed by atoms with E-state index < -0.39 is 0 Å². The van der Waals surface area contributed by atoms with E-state index in [4.69, 9.17) is 5.73 Å². The lowest BCUT2D eigenvalue weighted by Crippen LogP contribution is -2.18. The maximum absolute atomic E-state index is 13.7. The standard InChI is InChI=1S/C17H20FN/c1-11-9-15(10-12(2)16(11)18)17(19)13(3)14-7-5-4-6-8-14/h4-10,13,17H,19H2,1-3H3. The van der Waals surface area contributed by atoms with Gasteiger partial charge in [0.15, 0.2) is 0 Å². The molecule has 2 heteroatoms. The van der Waals surface area contributed by atoms with Gasteiger partial charge in [0.25, 0.3) is 0 Å². The quantitative estimate of drug-likeness (QED) is 0.874. The fourth-order valence-corrected chi connectivity index (χ4v) is 2.42. The minimum atomic E-state index is -0.136. The molecule has 0 heterocycles. The van der Waals surface area contributed by atoms with Crippen LogP contribution in [0.5, 0.6) is 0 Å². The van der Waals surface area contributed by atoms with Gasteiger partial charge in [0.05, 0.1) is 0 Å². The molecule has 0 aliphatic rings. The molecular weight excluding hydrogens is 237 g/mol. The Labute approximate surface area is 114 Å². The molecule has 0 aliphatic heterocycles. The Morgan fingerprint density at radius 1 is 0.947 bits per heavy atom. The van der Waals surface area contributed by atoms with Crippen LogP contribution in [0.1, 0.15) is 41.1 Å². The molecule has 0 bridgehead atoms. The smallest absolute Gasteiger partial charge is 0.129 e. The number of halogens is 1. The molecule has 0 fully saturated rings. The molecule has 2 aromatic carbocycles. The Bertz CT molecular complexity index is 540. The zero-order valence-electron chi connectivity index (χ0n) is 11.7. The highest BCUT2D eigenvalue weighted by atomic mass is 19.1. The van der Waals surface area contributed by atoms with Crippen LogP contribution in [0.2, 0.25) is 0 Å². The SMILES string of the molecule is Cc1cc(C(N)C(C)c2ccccc2)cc(C)c1F. The predicted octanol–water partition coefficient (Wildman–Crippen LogP) is 4.25. The van der Waals surface area contributed by atoms with Crippen LogP contribution in [0.25, 0.3) is 0 Å².